The maximum Gasteiger partial charge on any atom is 0.0661 e. The third-order valence-electron chi connectivity index (χ3n) is 3.26. The smallest absolute Gasteiger partial charge is 0.0661 e. The first-order valence-electron chi connectivity index (χ1n) is 6.75. The average Bonchev–Trinajstić information content (AvgIpc) is 2.49. The lowest BCUT2D eigenvalue weighted by atomic mass is 10.0. The fourth-order valence-electron chi connectivity index (χ4n) is 2.12. The largest absolute Gasteiger partial charge is 0.380 e. The molecule has 2 heteroatoms. The third kappa shape index (κ3) is 3.66. The van der Waals surface area contributed by atoms with Gasteiger partial charge in [0.15, 0.2) is 0 Å². The van der Waals surface area contributed by atoms with E-state index in [0.29, 0.717) is 6.61 Å². The Morgan fingerprint density at radius 2 is 1.58 bits per heavy atom. The number of hydrogen-bond acceptors (Lipinski definition) is 2. The normalized spacial score (nSPS) is 12.3. The van der Waals surface area contributed by atoms with Crippen LogP contribution in [0.2, 0.25) is 0 Å². The highest BCUT2D eigenvalue weighted by atomic mass is 16.5. The zero-order valence-corrected chi connectivity index (χ0v) is 11.6. The molecule has 1 unspecified atom stereocenters. The molecule has 2 nitrogen and oxygen atoms in total. The monoisotopic (exact) mass is 255 g/mol. The Hall–Kier alpha value is -1.64. The molecule has 2 aromatic rings. The molecule has 0 aliphatic rings. The van der Waals surface area contributed by atoms with Gasteiger partial charge in [-0.2, -0.15) is 0 Å². The van der Waals surface area contributed by atoms with E-state index in [1.54, 1.807) is 0 Å². The van der Waals surface area contributed by atoms with E-state index in [2.05, 4.69) is 53.8 Å². The van der Waals surface area contributed by atoms with Gasteiger partial charge in [-0.25, -0.2) is 0 Å². The molecule has 0 aliphatic heterocycles. The van der Waals surface area contributed by atoms with Gasteiger partial charge in [-0.15, -0.1) is 0 Å². The van der Waals surface area contributed by atoms with Gasteiger partial charge in [0.1, 0.15) is 0 Å². The van der Waals surface area contributed by atoms with Crippen molar-refractivity contribution in [2.75, 3.05) is 20.3 Å². The number of ether oxygens (including phenoxy) is 1. The van der Waals surface area contributed by atoms with Crippen LogP contribution in [0.5, 0.6) is 0 Å². The minimum Gasteiger partial charge on any atom is -0.380 e. The van der Waals surface area contributed by atoms with E-state index in [4.69, 9.17) is 4.74 Å². The summed E-state index contributed by atoms with van der Waals surface area (Å²) in [5, 5.41) is 3.29. The minimum atomic E-state index is 0.254. The molecule has 2 aromatic carbocycles. The zero-order valence-electron chi connectivity index (χ0n) is 11.6. The van der Waals surface area contributed by atoms with Crippen LogP contribution in [0.3, 0.4) is 0 Å². The van der Waals surface area contributed by atoms with Gasteiger partial charge in [0.05, 0.1) is 12.6 Å². The summed E-state index contributed by atoms with van der Waals surface area (Å²) in [5.74, 6) is 0. The van der Waals surface area contributed by atoms with Gasteiger partial charge in [0.25, 0.3) is 0 Å². The molecule has 0 aliphatic carbocycles. The molecule has 0 heterocycles. The van der Waals surface area contributed by atoms with Crippen molar-refractivity contribution in [2.24, 2.45) is 0 Å². The van der Waals surface area contributed by atoms with E-state index in [0.717, 1.165) is 6.61 Å². The van der Waals surface area contributed by atoms with Gasteiger partial charge in [0, 0.05) is 6.61 Å². The maximum atomic E-state index is 5.49. The predicted octanol–water partition coefficient (Wildman–Crippen LogP) is 3.65. The van der Waals surface area contributed by atoms with Gasteiger partial charge in [-0.1, -0.05) is 54.6 Å². The Morgan fingerprint density at radius 3 is 2.16 bits per heavy atom. The number of likely N-dealkylation sites (N-methyl/N-ethyl adjacent to an activating group) is 1. The second kappa shape index (κ2) is 7.07. The standard InChI is InChI=1S/C17H21NO/c1-3-19-13-17(18-2)16-11-9-15(10-12-16)14-7-5-4-6-8-14/h4-12,17-18H,3,13H2,1-2H3. The number of rotatable bonds is 6. The summed E-state index contributed by atoms with van der Waals surface area (Å²) in [6.07, 6.45) is 0. The Balaban J connectivity index is 2.13. The molecule has 0 spiro atoms. The summed E-state index contributed by atoms with van der Waals surface area (Å²) in [6, 6.07) is 19.4. The van der Waals surface area contributed by atoms with Crippen LogP contribution < -0.4 is 5.32 Å². The van der Waals surface area contributed by atoms with Crippen LogP contribution in [0.15, 0.2) is 54.6 Å². The number of hydrogen-bond donors (Lipinski definition) is 1. The van der Waals surface area contributed by atoms with E-state index < -0.39 is 0 Å². The highest BCUT2D eigenvalue weighted by molar-refractivity contribution is 5.63. The van der Waals surface area contributed by atoms with Crippen molar-refractivity contribution >= 4 is 0 Å². The highest BCUT2D eigenvalue weighted by Crippen LogP contribution is 2.21. The van der Waals surface area contributed by atoms with Crippen LogP contribution in [0.4, 0.5) is 0 Å². The molecule has 100 valence electrons. The molecular formula is C17H21NO. The second-order valence-corrected chi connectivity index (χ2v) is 4.49. The molecule has 0 fully saturated rings. The molecule has 0 radical (unpaired) electrons. The minimum absolute atomic E-state index is 0.254. The van der Waals surface area contributed by atoms with Gasteiger partial charge >= 0.3 is 0 Å². The summed E-state index contributed by atoms with van der Waals surface area (Å²) >= 11 is 0. The van der Waals surface area contributed by atoms with Crippen LogP contribution in [0.1, 0.15) is 18.5 Å². The van der Waals surface area contributed by atoms with Crippen LogP contribution >= 0.6 is 0 Å². The van der Waals surface area contributed by atoms with Crippen molar-refractivity contribution in [1.82, 2.24) is 5.32 Å². The van der Waals surface area contributed by atoms with E-state index in [1.165, 1.54) is 16.7 Å². The Labute approximate surface area is 115 Å². The molecule has 0 bridgehead atoms. The van der Waals surface area contributed by atoms with Gasteiger partial charge in [-0.3, -0.25) is 0 Å². The van der Waals surface area contributed by atoms with Crippen LogP contribution in [-0.4, -0.2) is 20.3 Å². The summed E-state index contributed by atoms with van der Waals surface area (Å²) in [5.41, 5.74) is 3.76. The molecule has 0 saturated carbocycles. The fourth-order valence-corrected chi connectivity index (χ4v) is 2.12. The zero-order chi connectivity index (χ0) is 13.5. The maximum absolute atomic E-state index is 5.49. The summed E-state index contributed by atoms with van der Waals surface area (Å²) in [6.45, 7) is 3.48. The molecule has 19 heavy (non-hydrogen) atoms. The van der Waals surface area contributed by atoms with Crippen molar-refractivity contribution in [3.63, 3.8) is 0 Å². The number of benzene rings is 2. The third-order valence-corrected chi connectivity index (χ3v) is 3.26. The first kappa shape index (κ1) is 13.8. The van der Waals surface area contributed by atoms with Crippen LogP contribution in [0, 0.1) is 0 Å². The first-order valence-corrected chi connectivity index (χ1v) is 6.75. The van der Waals surface area contributed by atoms with Gasteiger partial charge in [-0.05, 0) is 30.7 Å². The first-order chi connectivity index (χ1) is 9.35. The molecule has 0 aromatic heterocycles. The Kier molecular flexibility index (Phi) is 5.13. The highest BCUT2D eigenvalue weighted by Gasteiger charge is 2.08. The lowest BCUT2D eigenvalue weighted by molar-refractivity contribution is 0.125. The van der Waals surface area contributed by atoms with Crippen molar-refractivity contribution in [2.45, 2.75) is 13.0 Å². The lowest BCUT2D eigenvalue weighted by Gasteiger charge is -2.16. The molecule has 1 N–H and O–H groups in total. The number of nitrogens with one attached hydrogen (secondary N) is 1. The van der Waals surface area contributed by atoms with Crippen molar-refractivity contribution in [1.29, 1.82) is 0 Å². The molecular weight excluding hydrogens is 234 g/mol. The van der Waals surface area contributed by atoms with E-state index >= 15 is 0 Å². The summed E-state index contributed by atoms with van der Waals surface area (Å²) in [4.78, 5) is 0. The predicted molar refractivity (Wildman–Crippen MR) is 80.2 cm³/mol. The molecule has 2 rings (SSSR count). The van der Waals surface area contributed by atoms with Crippen molar-refractivity contribution < 1.29 is 4.74 Å². The van der Waals surface area contributed by atoms with Gasteiger partial charge in [0.2, 0.25) is 0 Å². The van der Waals surface area contributed by atoms with Crippen molar-refractivity contribution in [3.05, 3.63) is 60.2 Å². The second-order valence-electron chi connectivity index (χ2n) is 4.49. The van der Waals surface area contributed by atoms with E-state index in [9.17, 15) is 0 Å². The van der Waals surface area contributed by atoms with E-state index in [1.807, 2.05) is 20.0 Å². The topological polar surface area (TPSA) is 21.3 Å². The van der Waals surface area contributed by atoms with Crippen LogP contribution in [-0.2, 0) is 4.74 Å². The molecule has 0 saturated heterocycles. The SMILES string of the molecule is CCOCC(NC)c1ccc(-c2ccccc2)cc1. The average molecular weight is 255 g/mol. The van der Waals surface area contributed by atoms with Crippen molar-refractivity contribution in [3.8, 4) is 11.1 Å². The Bertz CT molecular complexity index is 478. The summed E-state index contributed by atoms with van der Waals surface area (Å²) in [7, 11) is 1.97. The van der Waals surface area contributed by atoms with Gasteiger partial charge < -0.3 is 10.1 Å². The van der Waals surface area contributed by atoms with Crippen LogP contribution in [0.25, 0.3) is 11.1 Å². The Morgan fingerprint density at radius 1 is 0.947 bits per heavy atom. The molecule has 1 atom stereocenters. The fraction of sp³-hybridized carbons (Fsp3) is 0.294. The summed E-state index contributed by atoms with van der Waals surface area (Å²) < 4.78 is 5.49. The quantitative estimate of drug-likeness (QED) is 0.850. The van der Waals surface area contributed by atoms with E-state index in [-0.39, 0.29) is 6.04 Å². The lowest BCUT2D eigenvalue weighted by Crippen LogP contribution is -2.21. The molecule has 0 amide bonds.